The smallest absolute Gasteiger partial charge is 0.128 e. The third-order valence-electron chi connectivity index (χ3n) is 3.08. The summed E-state index contributed by atoms with van der Waals surface area (Å²) in [4.78, 5) is 0. The molecule has 3 heteroatoms. The predicted octanol–water partition coefficient (Wildman–Crippen LogP) is 2.54. The summed E-state index contributed by atoms with van der Waals surface area (Å²) in [5.41, 5.74) is 8.08. The molecule has 0 saturated carbocycles. The summed E-state index contributed by atoms with van der Waals surface area (Å²) >= 11 is 0. The fraction of sp³-hybridized carbons (Fsp3) is 0.571. The zero-order valence-corrected chi connectivity index (χ0v) is 11.5. The van der Waals surface area contributed by atoms with E-state index >= 15 is 0 Å². The van der Waals surface area contributed by atoms with Gasteiger partial charge in [0.25, 0.3) is 0 Å². The molecule has 17 heavy (non-hydrogen) atoms. The topological polar surface area (TPSA) is 44.5 Å². The van der Waals surface area contributed by atoms with E-state index in [1.807, 2.05) is 13.0 Å². The molecule has 0 aliphatic heterocycles. The quantitative estimate of drug-likeness (QED) is 0.856. The van der Waals surface area contributed by atoms with Gasteiger partial charge < -0.3 is 15.2 Å². The highest BCUT2D eigenvalue weighted by Gasteiger charge is 2.20. The minimum atomic E-state index is 0.0777. The number of methoxy groups -OCH3 is 2. The Morgan fingerprint density at radius 1 is 1.18 bits per heavy atom. The number of rotatable bonds is 5. The lowest BCUT2D eigenvalue weighted by atomic mass is 9.85. The first-order chi connectivity index (χ1) is 7.95. The van der Waals surface area contributed by atoms with Gasteiger partial charge in [0.2, 0.25) is 0 Å². The van der Waals surface area contributed by atoms with Gasteiger partial charge in [-0.15, -0.1) is 0 Å². The molecule has 0 amide bonds. The summed E-state index contributed by atoms with van der Waals surface area (Å²) in [6.45, 7) is 6.98. The van der Waals surface area contributed by atoms with Gasteiger partial charge >= 0.3 is 0 Å². The first kappa shape index (κ1) is 13.8. The van der Waals surface area contributed by atoms with Crippen LogP contribution in [0.15, 0.2) is 12.1 Å². The van der Waals surface area contributed by atoms with E-state index in [0.717, 1.165) is 23.5 Å². The largest absolute Gasteiger partial charge is 0.496 e. The molecule has 0 bridgehead atoms. The zero-order valence-electron chi connectivity index (χ0n) is 11.5. The van der Waals surface area contributed by atoms with Crippen molar-refractivity contribution >= 4 is 0 Å². The van der Waals surface area contributed by atoms with Gasteiger partial charge in [-0.2, -0.15) is 0 Å². The summed E-state index contributed by atoms with van der Waals surface area (Å²) in [5, 5.41) is 0. The maximum Gasteiger partial charge on any atom is 0.128 e. The number of benzene rings is 1. The molecule has 0 aliphatic rings. The Hall–Kier alpha value is -1.22. The molecule has 0 radical (unpaired) electrons. The van der Waals surface area contributed by atoms with Crippen LogP contribution in [0.1, 0.15) is 25.0 Å². The normalized spacial score (nSPS) is 11.4. The fourth-order valence-electron chi connectivity index (χ4n) is 1.96. The van der Waals surface area contributed by atoms with Gasteiger partial charge in [0.15, 0.2) is 0 Å². The van der Waals surface area contributed by atoms with Crippen LogP contribution in [-0.2, 0) is 6.42 Å². The Kier molecular flexibility index (Phi) is 4.40. The Bertz CT molecular complexity index is 386. The van der Waals surface area contributed by atoms with E-state index in [9.17, 15) is 0 Å². The predicted molar refractivity (Wildman–Crippen MR) is 70.8 cm³/mol. The van der Waals surface area contributed by atoms with Gasteiger partial charge in [0, 0.05) is 5.56 Å². The summed E-state index contributed by atoms with van der Waals surface area (Å²) in [6, 6.07) is 4.04. The van der Waals surface area contributed by atoms with Crippen molar-refractivity contribution in [3.8, 4) is 11.5 Å². The lowest BCUT2D eigenvalue weighted by Gasteiger charge is -2.24. The van der Waals surface area contributed by atoms with Crippen LogP contribution in [0.2, 0.25) is 0 Å². The molecule has 2 N–H and O–H groups in total. The van der Waals surface area contributed by atoms with E-state index in [2.05, 4.69) is 19.9 Å². The average molecular weight is 237 g/mol. The minimum absolute atomic E-state index is 0.0777. The maximum atomic E-state index is 5.77. The number of hydrogen-bond acceptors (Lipinski definition) is 3. The van der Waals surface area contributed by atoms with Crippen molar-refractivity contribution in [2.24, 2.45) is 11.1 Å². The van der Waals surface area contributed by atoms with Gasteiger partial charge in [-0.05, 0) is 36.9 Å². The van der Waals surface area contributed by atoms with Crippen LogP contribution in [0.3, 0.4) is 0 Å². The van der Waals surface area contributed by atoms with Gasteiger partial charge in [-0.3, -0.25) is 0 Å². The molecule has 0 atom stereocenters. The summed E-state index contributed by atoms with van der Waals surface area (Å²) < 4.78 is 10.8. The monoisotopic (exact) mass is 237 g/mol. The second-order valence-corrected chi connectivity index (χ2v) is 5.13. The van der Waals surface area contributed by atoms with Crippen LogP contribution in [0.4, 0.5) is 0 Å². The molecular formula is C14H23NO2. The van der Waals surface area contributed by atoms with Gasteiger partial charge in [0.05, 0.1) is 14.2 Å². The van der Waals surface area contributed by atoms with Crippen LogP contribution in [-0.4, -0.2) is 20.8 Å². The average Bonchev–Trinajstić information content (AvgIpc) is 2.29. The Morgan fingerprint density at radius 2 is 1.82 bits per heavy atom. The van der Waals surface area contributed by atoms with E-state index in [4.69, 9.17) is 15.2 Å². The Labute approximate surface area is 104 Å². The van der Waals surface area contributed by atoms with Crippen LogP contribution < -0.4 is 15.2 Å². The van der Waals surface area contributed by atoms with Crippen molar-refractivity contribution < 1.29 is 9.47 Å². The van der Waals surface area contributed by atoms with Crippen molar-refractivity contribution in [3.05, 3.63) is 23.3 Å². The number of ether oxygens (including phenoxy) is 2. The molecule has 0 aliphatic carbocycles. The first-order valence-corrected chi connectivity index (χ1v) is 5.85. The van der Waals surface area contributed by atoms with Crippen LogP contribution >= 0.6 is 0 Å². The fourth-order valence-corrected chi connectivity index (χ4v) is 1.96. The standard InChI is InChI=1S/C14H23NO2/c1-10-12(16-4)7-6-11(13(10)17-5)8-14(2,3)9-15/h6-7H,8-9,15H2,1-5H3. The van der Waals surface area contributed by atoms with Gasteiger partial charge in [-0.1, -0.05) is 19.9 Å². The molecule has 0 saturated heterocycles. The van der Waals surface area contributed by atoms with Crippen molar-refractivity contribution in [3.63, 3.8) is 0 Å². The molecule has 0 fully saturated rings. The minimum Gasteiger partial charge on any atom is -0.496 e. The molecule has 1 rings (SSSR count). The number of nitrogens with two attached hydrogens (primary N) is 1. The van der Waals surface area contributed by atoms with Crippen molar-refractivity contribution in [1.29, 1.82) is 0 Å². The molecule has 0 heterocycles. The van der Waals surface area contributed by atoms with Crippen molar-refractivity contribution in [2.45, 2.75) is 27.2 Å². The van der Waals surface area contributed by atoms with Crippen LogP contribution in [0.5, 0.6) is 11.5 Å². The Balaban J connectivity index is 3.13. The lowest BCUT2D eigenvalue weighted by molar-refractivity contribution is 0.353. The number of hydrogen-bond donors (Lipinski definition) is 1. The SMILES string of the molecule is COc1ccc(CC(C)(C)CN)c(OC)c1C. The second-order valence-electron chi connectivity index (χ2n) is 5.13. The highest BCUT2D eigenvalue weighted by Crippen LogP contribution is 2.34. The zero-order chi connectivity index (χ0) is 13.1. The van der Waals surface area contributed by atoms with E-state index in [1.165, 1.54) is 5.56 Å². The van der Waals surface area contributed by atoms with Crippen molar-refractivity contribution in [1.82, 2.24) is 0 Å². The molecule has 96 valence electrons. The molecule has 0 spiro atoms. The highest BCUT2D eigenvalue weighted by atomic mass is 16.5. The van der Waals surface area contributed by atoms with E-state index < -0.39 is 0 Å². The third-order valence-corrected chi connectivity index (χ3v) is 3.08. The third kappa shape index (κ3) is 3.13. The van der Waals surface area contributed by atoms with E-state index in [-0.39, 0.29) is 5.41 Å². The summed E-state index contributed by atoms with van der Waals surface area (Å²) in [5.74, 6) is 1.77. The molecule has 1 aromatic carbocycles. The Morgan fingerprint density at radius 3 is 2.29 bits per heavy atom. The van der Waals surface area contributed by atoms with Crippen LogP contribution in [0.25, 0.3) is 0 Å². The highest BCUT2D eigenvalue weighted by molar-refractivity contribution is 5.49. The molecule has 0 unspecified atom stereocenters. The van der Waals surface area contributed by atoms with Gasteiger partial charge in [-0.25, -0.2) is 0 Å². The molecule has 3 nitrogen and oxygen atoms in total. The van der Waals surface area contributed by atoms with Crippen molar-refractivity contribution in [2.75, 3.05) is 20.8 Å². The second kappa shape index (κ2) is 5.41. The molecule has 0 aromatic heterocycles. The summed E-state index contributed by atoms with van der Waals surface area (Å²) in [6.07, 6.45) is 0.900. The van der Waals surface area contributed by atoms with E-state index in [0.29, 0.717) is 6.54 Å². The van der Waals surface area contributed by atoms with Gasteiger partial charge in [0.1, 0.15) is 11.5 Å². The molecular weight excluding hydrogens is 214 g/mol. The maximum absolute atomic E-state index is 5.77. The van der Waals surface area contributed by atoms with Crippen LogP contribution in [0, 0.1) is 12.3 Å². The lowest BCUT2D eigenvalue weighted by Crippen LogP contribution is -2.26. The summed E-state index contributed by atoms with van der Waals surface area (Å²) in [7, 11) is 3.37. The molecule has 1 aromatic rings. The van der Waals surface area contributed by atoms with E-state index in [1.54, 1.807) is 14.2 Å². The first-order valence-electron chi connectivity index (χ1n) is 5.85.